The quantitative estimate of drug-likeness (QED) is 0.734. The number of esters is 1. The number of carbonyl (C=O) groups is 3. The normalized spacial score (nSPS) is 13.4. The summed E-state index contributed by atoms with van der Waals surface area (Å²) in [4.78, 5) is 41.5. The number of amides is 2. The van der Waals surface area contributed by atoms with E-state index in [1.165, 1.54) is 23.9 Å². The second-order valence-corrected chi connectivity index (χ2v) is 6.82. The maximum atomic E-state index is 12.3. The van der Waals surface area contributed by atoms with Crippen molar-refractivity contribution in [1.29, 1.82) is 0 Å². The van der Waals surface area contributed by atoms with Gasteiger partial charge in [-0.05, 0) is 29.7 Å². The lowest BCUT2D eigenvalue weighted by molar-refractivity contribution is -0.151. The average Bonchev–Trinajstić information content (AvgIpc) is 2.76. The first-order valence-electron chi connectivity index (χ1n) is 9.10. The number of carbonyl (C=O) groups excluding carboxylic acids is 3. The van der Waals surface area contributed by atoms with Crippen molar-refractivity contribution >= 4 is 35.0 Å². The Kier molecular flexibility index (Phi) is 6.97. The number of ether oxygens (including phenoxy) is 1. The van der Waals surface area contributed by atoms with E-state index in [2.05, 4.69) is 10.3 Å². The summed E-state index contributed by atoms with van der Waals surface area (Å²) in [5, 5.41) is 2.75. The maximum absolute atomic E-state index is 12.3. The Balaban J connectivity index is 1.41. The molecule has 0 bridgehead atoms. The molecular formula is C21H20ClN3O4. The minimum absolute atomic E-state index is 0.0932. The molecule has 0 unspecified atom stereocenters. The molecule has 1 aliphatic heterocycles. The highest BCUT2D eigenvalue weighted by Crippen LogP contribution is 2.21. The van der Waals surface area contributed by atoms with Crippen LogP contribution in [0.25, 0.3) is 5.57 Å². The first kappa shape index (κ1) is 20.5. The standard InChI is InChI=1S/C21H20ClN3O4/c22-17-6-9-23-18(12-17)21(28)24-13-20(27)29-14-19(26)25-10-7-16(8-11-25)15-4-2-1-3-5-15/h1-7,9,12H,8,10-11,13-14H2,(H,24,28). The molecule has 8 heteroatoms. The second kappa shape index (κ2) is 9.84. The lowest BCUT2D eigenvalue weighted by atomic mass is 10.00. The van der Waals surface area contributed by atoms with Crippen LogP contribution in [0.4, 0.5) is 0 Å². The zero-order chi connectivity index (χ0) is 20.6. The van der Waals surface area contributed by atoms with Crippen LogP contribution in [0.3, 0.4) is 0 Å². The van der Waals surface area contributed by atoms with Gasteiger partial charge in [-0.25, -0.2) is 0 Å². The molecule has 1 aromatic carbocycles. The predicted octanol–water partition coefficient (Wildman–Crippen LogP) is 2.32. The van der Waals surface area contributed by atoms with Crippen molar-refractivity contribution in [2.45, 2.75) is 6.42 Å². The molecule has 7 nitrogen and oxygen atoms in total. The molecule has 0 radical (unpaired) electrons. The van der Waals surface area contributed by atoms with E-state index in [-0.39, 0.29) is 24.8 Å². The predicted molar refractivity (Wildman–Crippen MR) is 108 cm³/mol. The molecule has 0 fully saturated rings. The third-order valence-corrected chi connectivity index (χ3v) is 4.65. The Morgan fingerprint density at radius 3 is 2.66 bits per heavy atom. The van der Waals surface area contributed by atoms with Crippen molar-refractivity contribution in [3.63, 3.8) is 0 Å². The van der Waals surface area contributed by atoms with E-state index >= 15 is 0 Å². The number of nitrogens with one attached hydrogen (secondary N) is 1. The van der Waals surface area contributed by atoms with Gasteiger partial charge in [-0.3, -0.25) is 19.4 Å². The van der Waals surface area contributed by atoms with Gasteiger partial charge >= 0.3 is 5.97 Å². The highest BCUT2D eigenvalue weighted by atomic mass is 35.5. The van der Waals surface area contributed by atoms with Crippen LogP contribution >= 0.6 is 11.6 Å². The molecule has 2 aromatic rings. The van der Waals surface area contributed by atoms with Gasteiger partial charge in [-0.2, -0.15) is 0 Å². The fourth-order valence-corrected chi connectivity index (χ4v) is 3.03. The number of nitrogens with zero attached hydrogens (tertiary/aromatic N) is 2. The topological polar surface area (TPSA) is 88.6 Å². The molecular weight excluding hydrogens is 394 g/mol. The number of rotatable bonds is 6. The zero-order valence-corrected chi connectivity index (χ0v) is 16.4. The Morgan fingerprint density at radius 2 is 1.97 bits per heavy atom. The Morgan fingerprint density at radius 1 is 1.17 bits per heavy atom. The monoisotopic (exact) mass is 413 g/mol. The number of pyridine rings is 1. The molecule has 0 spiro atoms. The van der Waals surface area contributed by atoms with Gasteiger partial charge in [0, 0.05) is 24.3 Å². The number of hydrogen-bond donors (Lipinski definition) is 1. The van der Waals surface area contributed by atoms with Crippen LogP contribution in [0, 0.1) is 0 Å². The van der Waals surface area contributed by atoms with E-state index in [4.69, 9.17) is 16.3 Å². The molecule has 29 heavy (non-hydrogen) atoms. The van der Waals surface area contributed by atoms with E-state index in [9.17, 15) is 14.4 Å². The lowest BCUT2D eigenvalue weighted by Gasteiger charge is -2.26. The first-order valence-corrected chi connectivity index (χ1v) is 9.48. The highest BCUT2D eigenvalue weighted by Gasteiger charge is 2.19. The number of hydrogen-bond acceptors (Lipinski definition) is 5. The molecule has 1 aliphatic rings. The summed E-state index contributed by atoms with van der Waals surface area (Å²) in [6.45, 7) is 0.309. The van der Waals surface area contributed by atoms with Crippen LogP contribution in [-0.2, 0) is 14.3 Å². The Labute approximate surface area is 173 Å². The van der Waals surface area contributed by atoms with E-state index in [0.29, 0.717) is 18.1 Å². The third kappa shape index (κ3) is 5.89. The molecule has 0 aliphatic carbocycles. The van der Waals surface area contributed by atoms with Crippen LogP contribution in [-0.4, -0.2) is 53.9 Å². The van der Waals surface area contributed by atoms with E-state index in [1.54, 1.807) is 4.90 Å². The Hall–Kier alpha value is -3.19. The van der Waals surface area contributed by atoms with Gasteiger partial charge in [0.1, 0.15) is 12.2 Å². The fraction of sp³-hybridized carbons (Fsp3) is 0.238. The second-order valence-electron chi connectivity index (χ2n) is 6.39. The van der Waals surface area contributed by atoms with Crippen LogP contribution < -0.4 is 5.32 Å². The van der Waals surface area contributed by atoms with Crippen LogP contribution in [0.2, 0.25) is 5.02 Å². The van der Waals surface area contributed by atoms with Crippen molar-refractivity contribution < 1.29 is 19.1 Å². The van der Waals surface area contributed by atoms with Crippen molar-refractivity contribution in [1.82, 2.24) is 15.2 Å². The van der Waals surface area contributed by atoms with Crippen molar-refractivity contribution in [2.24, 2.45) is 0 Å². The zero-order valence-electron chi connectivity index (χ0n) is 15.6. The fourth-order valence-electron chi connectivity index (χ4n) is 2.87. The minimum Gasteiger partial charge on any atom is -0.454 e. The maximum Gasteiger partial charge on any atom is 0.325 e. The highest BCUT2D eigenvalue weighted by molar-refractivity contribution is 6.30. The summed E-state index contributed by atoms with van der Waals surface area (Å²) in [5.74, 6) is -1.53. The molecule has 0 saturated heterocycles. The summed E-state index contributed by atoms with van der Waals surface area (Å²) in [5.41, 5.74) is 2.44. The number of aromatic nitrogens is 1. The number of halogens is 1. The molecule has 150 valence electrons. The summed E-state index contributed by atoms with van der Waals surface area (Å²) >= 11 is 5.80. The van der Waals surface area contributed by atoms with E-state index in [1.807, 2.05) is 36.4 Å². The van der Waals surface area contributed by atoms with Gasteiger partial charge in [-0.15, -0.1) is 0 Å². The minimum atomic E-state index is -0.703. The van der Waals surface area contributed by atoms with E-state index < -0.39 is 11.9 Å². The first-order chi connectivity index (χ1) is 14.0. The average molecular weight is 414 g/mol. The summed E-state index contributed by atoms with van der Waals surface area (Å²) in [6, 6.07) is 12.9. The molecule has 2 amide bonds. The SMILES string of the molecule is O=C(CNC(=O)c1cc(Cl)ccn1)OCC(=O)N1CC=C(c2ccccc2)CC1. The Bertz CT molecular complexity index is 931. The van der Waals surface area contributed by atoms with Gasteiger partial charge < -0.3 is 15.0 Å². The van der Waals surface area contributed by atoms with Gasteiger partial charge in [0.05, 0.1) is 0 Å². The molecule has 3 rings (SSSR count). The van der Waals surface area contributed by atoms with Gasteiger partial charge in [0.15, 0.2) is 6.61 Å². The summed E-state index contributed by atoms with van der Waals surface area (Å²) < 4.78 is 4.97. The molecule has 0 saturated carbocycles. The lowest BCUT2D eigenvalue weighted by Crippen LogP contribution is -2.38. The molecule has 1 N–H and O–H groups in total. The largest absolute Gasteiger partial charge is 0.454 e. The van der Waals surface area contributed by atoms with Crippen molar-refractivity contribution in [2.75, 3.05) is 26.2 Å². The van der Waals surface area contributed by atoms with Gasteiger partial charge in [-0.1, -0.05) is 48.0 Å². The van der Waals surface area contributed by atoms with Crippen LogP contribution in [0.15, 0.2) is 54.7 Å². The van der Waals surface area contributed by atoms with Crippen molar-refractivity contribution in [3.8, 4) is 0 Å². The van der Waals surface area contributed by atoms with Gasteiger partial charge in [0.25, 0.3) is 11.8 Å². The molecule has 0 atom stereocenters. The third-order valence-electron chi connectivity index (χ3n) is 4.41. The van der Waals surface area contributed by atoms with Crippen LogP contribution in [0.5, 0.6) is 0 Å². The van der Waals surface area contributed by atoms with E-state index in [0.717, 1.165) is 12.0 Å². The van der Waals surface area contributed by atoms with Crippen LogP contribution in [0.1, 0.15) is 22.5 Å². The van der Waals surface area contributed by atoms with Gasteiger partial charge in [0.2, 0.25) is 0 Å². The molecule has 2 heterocycles. The molecule has 1 aromatic heterocycles. The van der Waals surface area contributed by atoms with Crippen molar-refractivity contribution in [3.05, 3.63) is 71.0 Å². The number of benzene rings is 1. The summed E-state index contributed by atoms with van der Waals surface area (Å²) in [6.07, 6.45) is 4.15. The summed E-state index contributed by atoms with van der Waals surface area (Å²) in [7, 11) is 0. The smallest absolute Gasteiger partial charge is 0.325 e.